The van der Waals surface area contributed by atoms with Crippen LogP contribution in [-0.2, 0) is 4.79 Å². The lowest BCUT2D eigenvalue weighted by Crippen LogP contribution is -2.35. The summed E-state index contributed by atoms with van der Waals surface area (Å²) in [4.78, 5) is 11.3. The Hall–Kier alpha value is -1.71. The fourth-order valence-electron chi connectivity index (χ4n) is 1.60. The lowest BCUT2D eigenvalue weighted by molar-refractivity contribution is -0.126. The SMILES string of the molecule is CN1C(=O)CCN1c1ccc(N)cc1. The number of anilines is 2. The average Bonchev–Trinajstić information content (AvgIpc) is 2.50. The molecule has 0 unspecified atom stereocenters. The summed E-state index contributed by atoms with van der Waals surface area (Å²) < 4.78 is 0. The lowest BCUT2D eigenvalue weighted by atomic mass is 10.3. The Labute approximate surface area is 82.9 Å². The third-order valence-corrected chi connectivity index (χ3v) is 2.45. The number of carbonyl (C=O) groups is 1. The van der Waals surface area contributed by atoms with E-state index in [1.807, 2.05) is 29.3 Å². The number of hydrogen-bond acceptors (Lipinski definition) is 3. The molecule has 0 aromatic heterocycles. The quantitative estimate of drug-likeness (QED) is 0.669. The maximum atomic E-state index is 11.3. The summed E-state index contributed by atoms with van der Waals surface area (Å²) >= 11 is 0. The molecule has 14 heavy (non-hydrogen) atoms. The number of amides is 1. The number of rotatable bonds is 1. The van der Waals surface area contributed by atoms with E-state index in [1.165, 1.54) is 0 Å². The van der Waals surface area contributed by atoms with Gasteiger partial charge in [-0.2, -0.15) is 0 Å². The predicted molar refractivity (Wildman–Crippen MR) is 55.6 cm³/mol. The van der Waals surface area contributed by atoms with Gasteiger partial charge in [0.1, 0.15) is 0 Å². The van der Waals surface area contributed by atoms with E-state index >= 15 is 0 Å². The highest BCUT2D eigenvalue weighted by atomic mass is 16.2. The monoisotopic (exact) mass is 191 g/mol. The van der Waals surface area contributed by atoms with Gasteiger partial charge in [0.15, 0.2) is 0 Å². The van der Waals surface area contributed by atoms with E-state index in [2.05, 4.69) is 0 Å². The second-order valence-corrected chi connectivity index (χ2v) is 3.38. The highest BCUT2D eigenvalue weighted by Crippen LogP contribution is 2.21. The molecule has 2 rings (SSSR count). The van der Waals surface area contributed by atoms with E-state index in [0.717, 1.165) is 17.9 Å². The maximum absolute atomic E-state index is 11.3. The van der Waals surface area contributed by atoms with Crippen molar-refractivity contribution in [3.05, 3.63) is 24.3 Å². The first kappa shape index (κ1) is 8.87. The lowest BCUT2D eigenvalue weighted by Gasteiger charge is -2.25. The minimum absolute atomic E-state index is 0.154. The van der Waals surface area contributed by atoms with Gasteiger partial charge in [0.05, 0.1) is 5.69 Å². The zero-order chi connectivity index (χ0) is 10.1. The molecule has 2 N–H and O–H groups in total. The van der Waals surface area contributed by atoms with Gasteiger partial charge in [-0.1, -0.05) is 0 Å². The van der Waals surface area contributed by atoms with Crippen molar-refractivity contribution in [2.75, 3.05) is 24.3 Å². The Kier molecular flexibility index (Phi) is 2.04. The molecule has 0 bridgehead atoms. The van der Waals surface area contributed by atoms with Gasteiger partial charge in [0.25, 0.3) is 0 Å². The first-order valence-electron chi connectivity index (χ1n) is 4.58. The van der Waals surface area contributed by atoms with Crippen LogP contribution in [0.15, 0.2) is 24.3 Å². The fraction of sp³-hybridized carbons (Fsp3) is 0.300. The fourth-order valence-corrected chi connectivity index (χ4v) is 1.60. The molecule has 4 nitrogen and oxygen atoms in total. The third kappa shape index (κ3) is 1.39. The van der Waals surface area contributed by atoms with E-state index in [-0.39, 0.29) is 5.91 Å². The highest BCUT2D eigenvalue weighted by molar-refractivity contribution is 5.81. The van der Waals surface area contributed by atoms with E-state index in [9.17, 15) is 4.79 Å². The van der Waals surface area contributed by atoms with Crippen LogP contribution in [0.25, 0.3) is 0 Å². The molecule has 4 heteroatoms. The van der Waals surface area contributed by atoms with E-state index in [0.29, 0.717) is 6.42 Å². The molecule has 0 atom stereocenters. The number of benzene rings is 1. The summed E-state index contributed by atoms with van der Waals surface area (Å²) in [6, 6.07) is 7.52. The van der Waals surface area contributed by atoms with Gasteiger partial charge in [-0.25, -0.2) is 0 Å². The topological polar surface area (TPSA) is 49.6 Å². The molecule has 1 aromatic rings. The second kappa shape index (κ2) is 3.21. The van der Waals surface area contributed by atoms with Crippen molar-refractivity contribution in [3.8, 4) is 0 Å². The summed E-state index contributed by atoms with van der Waals surface area (Å²) in [5.74, 6) is 0.154. The molecule has 1 heterocycles. The summed E-state index contributed by atoms with van der Waals surface area (Å²) in [6.45, 7) is 0.749. The molecule has 0 aliphatic carbocycles. The molecule has 0 radical (unpaired) electrons. The molecular weight excluding hydrogens is 178 g/mol. The van der Waals surface area contributed by atoms with E-state index in [1.54, 1.807) is 12.1 Å². The number of nitrogens with two attached hydrogens (primary N) is 1. The molecular formula is C10H13N3O. The smallest absolute Gasteiger partial charge is 0.242 e. The zero-order valence-corrected chi connectivity index (χ0v) is 8.10. The molecule has 1 aliphatic rings. The highest BCUT2D eigenvalue weighted by Gasteiger charge is 2.25. The number of hydrogen-bond donors (Lipinski definition) is 1. The van der Waals surface area contributed by atoms with Crippen LogP contribution in [-0.4, -0.2) is 24.5 Å². The van der Waals surface area contributed by atoms with Crippen LogP contribution < -0.4 is 10.7 Å². The predicted octanol–water partition coefficient (Wildman–Crippen LogP) is 0.852. The first-order chi connectivity index (χ1) is 6.68. The Bertz CT molecular complexity index is 347. The molecule has 1 saturated heterocycles. The van der Waals surface area contributed by atoms with E-state index < -0.39 is 0 Å². The molecule has 0 saturated carbocycles. The Morgan fingerprint density at radius 2 is 1.93 bits per heavy atom. The van der Waals surface area contributed by atoms with Gasteiger partial charge in [-0.3, -0.25) is 14.8 Å². The number of nitrogens with zero attached hydrogens (tertiary/aromatic N) is 2. The van der Waals surface area contributed by atoms with Crippen molar-refractivity contribution < 1.29 is 4.79 Å². The Morgan fingerprint density at radius 3 is 2.43 bits per heavy atom. The summed E-state index contributed by atoms with van der Waals surface area (Å²) in [5, 5.41) is 3.59. The van der Waals surface area contributed by atoms with Crippen molar-refractivity contribution in [2.45, 2.75) is 6.42 Å². The second-order valence-electron chi connectivity index (χ2n) is 3.38. The maximum Gasteiger partial charge on any atom is 0.242 e. The van der Waals surface area contributed by atoms with Crippen LogP contribution in [0, 0.1) is 0 Å². The van der Waals surface area contributed by atoms with Crippen molar-refractivity contribution in [1.29, 1.82) is 0 Å². The molecule has 74 valence electrons. The van der Waals surface area contributed by atoms with Crippen LogP contribution >= 0.6 is 0 Å². The molecule has 1 fully saturated rings. The zero-order valence-electron chi connectivity index (χ0n) is 8.10. The summed E-state index contributed by atoms with van der Waals surface area (Å²) in [6.07, 6.45) is 0.584. The van der Waals surface area contributed by atoms with Gasteiger partial charge in [0.2, 0.25) is 5.91 Å². The first-order valence-corrected chi connectivity index (χ1v) is 4.58. The van der Waals surface area contributed by atoms with Gasteiger partial charge >= 0.3 is 0 Å². The third-order valence-electron chi connectivity index (χ3n) is 2.45. The summed E-state index contributed by atoms with van der Waals surface area (Å²) in [5.41, 5.74) is 7.33. The van der Waals surface area contributed by atoms with Crippen LogP contribution in [0.5, 0.6) is 0 Å². The number of hydrazine groups is 1. The van der Waals surface area contributed by atoms with Crippen molar-refractivity contribution in [2.24, 2.45) is 0 Å². The van der Waals surface area contributed by atoms with Crippen LogP contribution in [0.1, 0.15) is 6.42 Å². The molecule has 1 aliphatic heterocycles. The largest absolute Gasteiger partial charge is 0.399 e. The van der Waals surface area contributed by atoms with Gasteiger partial charge in [-0.15, -0.1) is 0 Å². The molecule has 1 aromatic carbocycles. The normalized spacial score (nSPS) is 16.5. The van der Waals surface area contributed by atoms with Crippen LogP contribution in [0.2, 0.25) is 0 Å². The van der Waals surface area contributed by atoms with E-state index in [4.69, 9.17) is 5.73 Å². The van der Waals surface area contributed by atoms with Crippen molar-refractivity contribution in [3.63, 3.8) is 0 Å². The van der Waals surface area contributed by atoms with Gasteiger partial charge < -0.3 is 5.73 Å². The molecule has 1 amide bonds. The van der Waals surface area contributed by atoms with Crippen molar-refractivity contribution in [1.82, 2.24) is 5.01 Å². The Balaban J connectivity index is 2.23. The standard InChI is InChI=1S/C10H13N3O/c1-12-10(14)6-7-13(12)9-4-2-8(11)3-5-9/h2-5H,6-7,11H2,1H3. The van der Waals surface area contributed by atoms with Crippen LogP contribution in [0.4, 0.5) is 11.4 Å². The average molecular weight is 191 g/mol. The van der Waals surface area contributed by atoms with Gasteiger partial charge in [0, 0.05) is 25.7 Å². The Morgan fingerprint density at radius 1 is 1.29 bits per heavy atom. The minimum Gasteiger partial charge on any atom is -0.399 e. The molecule has 0 spiro atoms. The number of carbonyl (C=O) groups excluding carboxylic acids is 1. The summed E-state index contributed by atoms with van der Waals surface area (Å²) in [7, 11) is 1.78. The van der Waals surface area contributed by atoms with Gasteiger partial charge in [-0.05, 0) is 24.3 Å². The van der Waals surface area contributed by atoms with Crippen LogP contribution in [0.3, 0.4) is 0 Å². The minimum atomic E-state index is 0.154. The number of nitrogen functional groups attached to an aromatic ring is 1. The van der Waals surface area contributed by atoms with Crippen molar-refractivity contribution >= 4 is 17.3 Å².